The number of aromatic amines is 1. The topological polar surface area (TPSA) is 65.2 Å². The van der Waals surface area contributed by atoms with E-state index in [9.17, 15) is 8.42 Å². The zero-order chi connectivity index (χ0) is 21.6. The minimum Gasteiger partial charge on any atom is -0.361 e. The fourth-order valence-corrected chi connectivity index (χ4v) is 6.06. The fourth-order valence-electron chi connectivity index (χ4n) is 4.55. The second-order valence-electron chi connectivity index (χ2n) is 8.28. The molecule has 0 bridgehead atoms. The summed E-state index contributed by atoms with van der Waals surface area (Å²) in [5.74, 6) is 0.483. The van der Waals surface area contributed by atoms with Gasteiger partial charge in [-0.15, -0.1) is 0 Å². The normalized spacial score (nSPS) is 16.2. The first-order valence-electron chi connectivity index (χ1n) is 10.4. The Hall–Kier alpha value is -2.54. The Morgan fingerprint density at radius 1 is 1.00 bits per heavy atom. The van der Waals surface area contributed by atoms with E-state index in [0.29, 0.717) is 22.0 Å². The van der Waals surface area contributed by atoms with Crippen LogP contribution in [0.5, 0.6) is 0 Å². The van der Waals surface area contributed by atoms with Crippen molar-refractivity contribution < 1.29 is 8.42 Å². The highest BCUT2D eigenvalue weighted by atomic mass is 35.5. The van der Waals surface area contributed by atoms with Crippen LogP contribution in [0.4, 0.5) is 5.69 Å². The summed E-state index contributed by atoms with van der Waals surface area (Å²) in [7, 11) is -1.63. The number of likely N-dealkylation sites (tertiary alicyclic amines) is 1. The highest BCUT2D eigenvalue weighted by molar-refractivity contribution is 7.93. The van der Waals surface area contributed by atoms with E-state index in [2.05, 4.69) is 27.9 Å². The maximum atomic E-state index is 13.3. The maximum Gasteiger partial charge on any atom is 0.262 e. The molecule has 0 saturated carbocycles. The number of fused-ring (bicyclic) bond motifs is 2. The predicted molar refractivity (Wildman–Crippen MR) is 128 cm³/mol. The smallest absolute Gasteiger partial charge is 0.262 e. The number of sulfonamides is 1. The van der Waals surface area contributed by atoms with Gasteiger partial charge in [0.25, 0.3) is 10.0 Å². The lowest BCUT2D eigenvalue weighted by Crippen LogP contribution is -2.29. The molecular weight excluding hydrogens is 430 g/mol. The summed E-state index contributed by atoms with van der Waals surface area (Å²) in [6.07, 6.45) is 4.29. The Morgan fingerprint density at radius 2 is 1.74 bits per heavy atom. The molecule has 5 rings (SSSR count). The molecule has 7 heteroatoms. The number of nitrogens with zero attached hydrogens (tertiary/aromatic N) is 1. The average Bonchev–Trinajstić information content (AvgIpc) is 3.17. The first kappa shape index (κ1) is 20.4. The van der Waals surface area contributed by atoms with Crippen molar-refractivity contribution in [3.63, 3.8) is 0 Å². The molecule has 0 amide bonds. The first-order chi connectivity index (χ1) is 14.9. The number of anilines is 1. The Morgan fingerprint density at radius 3 is 2.55 bits per heavy atom. The summed E-state index contributed by atoms with van der Waals surface area (Å²) in [5.41, 5.74) is 2.84. The van der Waals surface area contributed by atoms with Crippen LogP contribution in [0.25, 0.3) is 21.7 Å². The van der Waals surface area contributed by atoms with E-state index in [1.54, 1.807) is 36.4 Å². The van der Waals surface area contributed by atoms with Gasteiger partial charge in [0, 0.05) is 38.6 Å². The molecule has 1 aliphatic heterocycles. The molecule has 160 valence electrons. The van der Waals surface area contributed by atoms with Gasteiger partial charge in [0.2, 0.25) is 0 Å². The largest absolute Gasteiger partial charge is 0.361 e. The van der Waals surface area contributed by atoms with Crippen LogP contribution in [0.2, 0.25) is 5.02 Å². The molecule has 1 saturated heterocycles. The minimum absolute atomic E-state index is 0.220. The number of rotatable bonds is 4. The van der Waals surface area contributed by atoms with Crippen LogP contribution in [-0.2, 0) is 10.0 Å². The van der Waals surface area contributed by atoms with E-state index in [4.69, 9.17) is 11.6 Å². The molecule has 2 heterocycles. The number of H-pyrrole nitrogens is 1. The molecule has 0 atom stereocenters. The lowest BCUT2D eigenvalue weighted by atomic mass is 9.89. The molecular formula is C24H24ClN3O2S. The molecule has 4 aromatic rings. The summed E-state index contributed by atoms with van der Waals surface area (Å²) in [5, 5.41) is 2.94. The van der Waals surface area contributed by atoms with E-state index < -0.39 is 10.0 Å². The first-order valence-corrected chi connectivity index (χ1v) is 12.3. The minimum atomic E-state index is -3.78. The Balaban J connectivity index is 1.51. The highest BCUT2D eigenvalue weighted by Crippen LogP contribution is 2.35. The van der Waals surface area contributed by atoms with Gasteiger partial charge in [-0.25, -0.2) is 8.42 Å². The van der Waals surface area contributed by atoms with Gasteiger partial charge < -0.3 is 9.88 Å². The van der Waals surface area contributed by atoms with E-state index in [1.807, 2.05) is 18.2 Å². The molecule has 3 aromatic carbocycles. The van der Waals surface area contributed by atoms with Crippen molar-refractivity contribution >= 4 is 49.0 Å². The zero-order valence-corrected chi connectivity index (χ0v) is 18.8. The van der Waals surface area contributed by atoms with Gasteiger partial charge in [0.05, 0.1) is 4.90 Å². The Bertz CT molecular complexity index is 1370. The van der Waals surface area contributed by atoms with Crippen LogP contribution in [0, 0.1) is 0 Å². The van der Waals surface area contributed by atoms with Crippen molar-refractivity contribution in [1.82, 2.24) is 9.88 Å². The molecule has 1 fully saturated rings. The van der Waals surface area contributed by atoms with Crippen LogP contribution in [0.1, 0.15) is 24.3 Å². The van der Waals surface area contributed by atoms with Gasteiger partial charge in [-0.05, 0) is 74.8 Å². The van der Waals surface area contributed by atoms with Gasteiger partial charge >= 0.3 is 0 Å². The Kier molecular flexibility index (Phi) is 5.16. The quantitative estimate of drug-likeness (QED) is 0.423. The summed E-state index contributed by atoms with van der Waals surface area (Å²) >= 11 is 6.27. The van der Waals surface area contributed by atoms with Crippen molar-refractivity contribution in [2.45, 2.75) is 23.7 Å². The number of nitrogens with one attached hydrogen (secondary N) is 2. The zero-order valence-electron chi connectivity index (χ0n) is 17.2. The molecule has 0 radical (unpaired) electrons. The third kappa shape index (κ3) is 3.80. The fraction of sp³-hybridized carbons (Fsp3) is 0.250. The summed E-state index contributed by atoms with van der Waals surface area (Å²) in [4.78, 5) is 5.91. The number of hydrogen-bond acceptors (Lipinski definition) is 3. The number of aromatic nitrogens is 1. The molecule has 0 aliphatic carbocycles. The highest BCUT2D eigenvalue weighted by Gasteiger charge is 2.22. The SMILES string of the molecule is CN1CCC(c2c[nH]c3ccc(NS(=O)(=O)c4cccc5c(Cl)cccc45)cc23)CC1. The standard InChI is InChI=1S/C24H24ClN3O2S/c1-28-12-10-16(11-13-28)21-15-26-23-9-8-17(14-20(21)23)27-31(29,30)24-7-3-4-18-19(24)5-2-6-22(18)25/h2-9,14-16,26-27H,10-13H2,1H3. The molecule has 2 N–H and O–H groups in total. The molecule has 5 nitrogen and oxygen atoms in total. The number of halogens is 1. The molecule has 31 heavy (non-hydrogen) atoms. The van der Waals surface area contributed by atoms with Crippen molar-refractivity contribution in [2.24, 2.45) is 0 Å². The molecule has 0 unspecified atom stereocenters. The second-order valence-corrected chi connectivity index (χ2v) is 10.3. The van der Waals surface area contributed by atoms with Crippen molar-refractivity contribution in [2.75, 3.05) is 24.9 Å². The summed E-state index contributed by atoms with van der Waals surface area (Å²) in [6.45, 7) is 2.15. The van der Waals surface area contributed by atoms with Crippen molar-refractivity contribution in [3.8, 4) is 0 Å². The summed E-state index contributed by atoms with van der Waals surface area (Å²) < 4.78 is 29.3. The van der Waals surface area contributed by atoms with Crippen molar-refractivity contribution in [1.29, 1.82) is 0 Å². The molecule has 1 aromatic heterocycles. The van der Waals surface area contributed by atoms with Gasteiger partial charge in [-0.3, -0.25) is 4.72 Å². The van der Waals surface area contributed by atoms with Crippen LogP contribution >= 0.6 is 11.6 Å². The van der Waals surface area contributed by atoms with Gasteiger partial charge in [-0.1, -0.05) is 35.9 Å². The van der Waals surface area contributed by atoms with Gasteiger partial charge in [0.1, 0.15) is 0 Å². The Labute approximate surface area is 187 Å². The predicted octanol–water partition coefficient (Wildman–Crippen LogP) is 5.58. The molecule has 0 spiro atoms. The van der Waals surface area contributed by atoms with Crippen LogP contribution in [-0.4, -0.2) is 38.4 Å². The van der Waals surface area contributed by atoms with Gasteiger partial charge in [0.15, 0.2) is 0 Å². The number of piperidine rings is 1. The summed E-state index contributed by atoms with van der Waals surface area (Å²) in [6, 6.07) is 16.1. The monoisotopic (exact) mass is 453 g/mol. The van der Waals surface area contributed by atoms with Crippen LogP contribution in [0.3, 0.4) is 0 Å². The van der Waals surface area contributed by atoms with E-state index >= 15 is 0 Å². The lowest BCUT2D eigenvalue weighted by Gasteiger charge is -2.28. The maximum absolute atomic E-state index is 13.3. The molecule has 1 aliphatic rings. The van der Waals surface area contributed by atoms with Crippen LogP contribution in [0.15, 0.2) is 65.7 Å². The number of benzene rings is 3. The van der Waals surface area contributed by atoms with E-state index in [0.717, 1.165) is 42.2 Å². The van der Waals surface area contributed by atoms with E-state index in [1.165, 1.54) is 5.56 Å². The average molecular weight is 454 g/mol. The third-order valence-corrected chi connectivity index (χ3v) is 8.01. The number of hydrogen-bond donors (Lipinski definition) is 2. The van der Waals surface area contributed by atoms with Crippen molar-refractivity contribution in [3.05, 3.63) is 71.4 Å². The van der Waals surface area contributed by atoms with E-state index in [-0.39, 0.29) is 4.90 Å². The third-order valence-electron chi connectivity index (χ3n) is 6.24. The van der Waals surface area contributed by atoms with Gasteiger partial charge in [-0.2, -0.15) is 0 Å². The second kappa shape index (κ2) is 7.86. The van der Waals surface area contributed by atoms with Crippen LogP contribution < -0.4 is 4.72 Å². The lowest BCUT2D eigenvalue weighted by molar-refractivity contribution is 0.256.